The fourth-order valence-corrected chi connectivity index (χ4v) is 2.29. The maximum absolute atomic E-state index is 12.2. The lowest BCUT2D eigenvalue weighted by Gasteiger charge is -2.27. The number of esters is 1. The quantitative estimate of drug-likeness (QED) is 0.846. The smallest absolute Gasteiger partial charge is 0.331 e. The highest BCUT2D eigenvalue weighted by molar-refractivity contribution is 9.10. The van der Waals surface area contributed by atoms with Crippen LogP contribution in [0.5, 0.6) is 0 Å². The topological polar surface area (TPSA) is 55.4 Å². The predicted octanol–water partition coefficient (Wildman–Crippen LogP) is 2.91. The molecule has 104 valence electrons. The summed E-state index contributed by atoms with van der Waals surface area (Å²) in [7, 11) is 1.32. The highest BCUT2D eigenvalue weighted by atomic mass is 79.9. The molecule has 0 aliphatic heterocycles. The van der Waals surface area contributed by atoms with Gasteiger partial charge in [-0.2, -0.15) is 0 Å². The third kappa shape index (κ3) is 4.06. The molecule has 1 atom stereocenters. The van der Waals surface area contributed by atoms with Crippen molar-refractivity contribution in [2.45, 2.75) is 32.2 Å². The monoisotopic (exact) mass is 327 g/mol. The molecule has 4 nitrogen and oxygen atoms in total. The SMILES string of the molecule is CCCC(C)(NC(=O)c1cccc(Br)c1)C(=O)OC. The van der Waals surface area contributed by atoms with E-state index < -0.39 is 11.5 Å². The van der Waals surface area contributed by atoms with Gasteiger partial charge in [0.15, 0.2) is 0 Å². The van der Waals surface area contributed by atoms with E-state index in [-0.39, 0.29) is 5.91 Å². The van der Waals surface area contributed by atoms with E-state index in [0.717, 1.165) is 10.9 Å². The minimum atomic E-state index is -0.997. The third-order valence-electron chi connectivity index (χ3n) is 2.86. The van der Waals surface area contributed by atoms with Gasteiger partial charge in [-0.15, -0.1) is 0 Å². The van der Waals surface area contributed by atoms with Crippen molar-refractivity contribution in [1.82, 2.24) is 5.32 Å². The van der Waals surface area contributed by atoms with Crippen LogP contribution in [0.1, 0.15) is 37.0 Å². The maximum Gasteiger partial charge on any atom is 0.331 e. The Hall–Kier alpha value is -1.36. The highest BCUT2D eigenvalue weighted by Crippen LogP contribution is 2.17. The Kier molecular flexibility index (Phi) is 5.54. The largest absolute Gasteiger partial charge is 0.467 e. The summed E-state index contributed by atoms with van der Waals surface area (Å²) < 4.78 is 5.58. The molecule has 1 amide bonds. The Morgan fingerprint density at radius 1 is 1.42 bits per heavy atom. The van der Waals surface area contributed by atoms with Gasteiger partial charge in [0.2, 0.25) is 0 Å². The van der Waals surface area contributed by atoms with Crippen molar-refractivity contribution in [3.63, 3.8) is 0 Å². The van der Waals surface area contributed by atoms with Crippen molar-refractivity contribution in [2.75, 3.05) is 7.11 Å². The molecule has 1 unspecified atom stereocenters. The second kappa shape index (κ2) is 6.70. The summed E-state index contributed by atoms with van der Waals surface area (Å²) in [5.41, 5.74) is -0.497. The summed E-state index contributed by atoms with van der Waals surface area (Å²) in [6.07, 6.45) is 1.30. The number of methoxy groups -OCH3 is 1. The van der Waals surface area contributed by atoms with Gasteiger partial charge in [-0.1, -0.05) is 35.3 Å². The zero-order chi connectivity index (χ0) is 14.5. The molecule has 0 saturated heterocycles. The van der Waals surface area contributed by atoms with Crippen LogP contribution in [0.15, 0.2) is 28.7 Å². The van der Waals surface area contributed by atoms with Gasteiger partial charge < -0.3 is 10.1 Å². The molecule has 0 bridgehead atoms. The average Bonchev–Trinajstić information content (AvgIpc) is 2.37. The van der Waals surface area contributed by atoms with Crippen LogP contribution >= 0.6 is 15.9 Å². The number of rotatable bonds is 5. The zero-order valence-electron chi connectivity index (χ0n) is 11.3. The van der Waals surface area contributed by atoms with E-state index in [4.69, 9.17) is 4.74 Å². The number of nitrogens with one attached hydrogen (secondary N) is 1. The molecule has 0 fully saturated rings. The van der Waals surface area contributed by atoms with Gasteiger partial charge in [-0.3, -0.25) is 4.79 Å². The molecule has 0 aliphatic carbocycles. The molecular formula is C14H18BrNO3. The van der Waals surface area contributed by atoms with Crippen LogP contribution in [-0.4, -0.2) is 24.5 Å². The zero-order valence-corrected chi connectivity index (χ0v) is 12.9. The number of halogens is 1. The van der Waals surface area contributed by atoms with Crippen LogP contribution in [0.4, 0.5) is 0 Å². The van der Waals surface area contributed by atoms with Gasteiger partial charge in [0.25, 0.3) is 5.91 Å². The summed E-state index contributed by atoms with van der Waals surface area (Å²) in [6.45, 7) is 3.63. The first-order valence-corrected chi connectivity index (χ1v) is 6.88. The Bertz CT molecular complexity index is 476. The minimum Gasteiger partial charge on any atom is -0.467 e. The highest BCUT2D eigenvalue weighted by Gasteiger charge is 2.35. The molecule has 5 heteroatoms. The molecule has 0 heterocycles. The Morgan fingerprint density at radius 3 is 2.63 bits per heavy atom. The predicted molar refractivity (Wildman–Crippen MR) is 76.9 cm³/mol. The van der Waals surface area contributed by atoms with Crippen LogP contribution < -0.4 is 5.32 Å². The van der Waals surface area contributed by atoms with E-state index >= 15 is 0 Å². The molecule has 0 aromatic heterocycles. The number of carbonyl (C=O) groups excluding carboxylic acids is 2. The van der Waals surface area contributed by atoms with Gasteiger partial charge in [-0.25, -0.2) is 4.79 Å². The third-order valence-corrected chi connectivity index (χ3v) is 3.36. The standard InChI is InChI=1S/C14H18BrNO3/c1-4-8-14(2,13(18)19-3)16-12(17)10-6-5-7-11(15)9-10/h5-7,9H,4,8H2,1-3H3,(H,16,17). The fraction of sp³-hybridized carbons (Fsp3) is 0.429. The Balaban J connectivity index is 2.91. The number of amides is 1. The second-order valence-corrected chi connectivity index (χ2v) is 5.45. The Morgan fingerprint density at radius 2 is 2.11 bits per heavy atom. The van der Waals surface area contributed by atoms with Crippen molar-refractivity contribution < 1.29 is 14.3 Å². The molecule has 1 aromatic carbocycles. The molecule has 19 heavy (non-hydrogen) atoms. The molecule has 0 spiro atoms. The van der Waals surface area contributed by atoms with E-state index in [0.29, 0.717) is 12.0 Å². The van der Waals surface area contributed by atoms with Gasteiger partial charge in [0.1, 0.15) is 5.54 Å². The lowest BCUT2D eigenvalue weighted by Crippen LogP contribution is -2.52. The summed E-state index contributed by atoms with van der Waals surface area (Å²) >= 11 is 3.31. The number of hydrogen-bond acceptors (Lipinski definition) is 3. The van der Waals surface area contributed by atoms with E-state index in [1.807, 2.05) is 13.0 Å². The summed E-state index contributed by atoms with van der Waals surface area (Å²) in [5, 5.41) is 2.75. The molecule has 1 aromatic rings. The number of ether oxygens (including phenoxy) is 1. The lowest BCUT2D eigenvalue weighted by atomic mass is 9.95. The molecule has 1 rings (SSSR count). The van der Waals surface area contributed by atoms with Crippen LogP contribution in [0, 0.1) is 0 Å². The van der Waals surface area contributed by atoms with E-state index in [1.165, 1.54) is 7.11 Å². The lowest BCUT2D eigenvalue weighted by molar-refractivity contribution is -0.147. The van der Waals surface area contributed by atoms with Crippen LogP contribution in [0.25, 0.3) is 0 Å². The normalized spacial score (nSPS) is 13.5. The van der Waals surface area contributed by atoms with Gasteiger partial charge in [0.05, 0.1) is 7.11 Å². The van der Waals surface area contributed by atoms with Crippen LogP contribution in [0.2, 0.25) is 0 Å². The molecular weight excluding hydrogens is 310 g/mol. The van der Waals surface area contributed by atoms with Crippen molar-refractivity contribution in [1.29, 1.82) is 0 Å². The summed E-state index contributed by atoms with van der Waals surface area (Å²) in [5.74, 6) is -0.722. The number of hydrogen-bond donors (Lipinski definition) is 1. The van der Waals surface area contributed by atoms with Crippen molar-refractivity contribution in [3.8, 4) is 0 Å². The van der Waals surface area contributed by atoms with Gasteiger partial charge in [0, 0.05) is 10.0 Å². The fourth-order valence-electron chi connectivity index (χ4n) is 1.89. The van der Waals surface area contributed by atoms with E-state index in [2.05, 4.69) is 21.2 Å². The maximum atomic E-state index is 12.2. The number of carbonyl (C=O) groups is 2. The van der Waals surface area contributed by atoms with Crippen molar-refractivity contribution >= 4 is 27.8 Å². The molecule has 1 N–H and O–H groups in total. The van der Waals surface area contributed by atoms with Gasteiger partial charge in [-0.05, 0) is 31.5 Å². The molecule has 0 aliphatic rings. The summed E-state index contributed by atoms with van der Waals surface area (Å²) in [6, 6.07) is 7.01. The first-order valence-electron chi connectivity index (χ1n) is 6.09. The van der Waals surface area contributed by atoms with Crippen molar-refractivity contribution in [2.24, 2.45) is 0 Å². The first-order chi connectivity index (χ1) is 8.92. The molecule has 0 radical (unpaired) electrons. The van der Waals surface area contributed by atoms with E-state index in [9.17, 15) is 9.59 Å². The minimum absolute atomic E-state index is 0.289. The van der Waals surface area contributed by atoms with Crippen LogP contribution in [-0.2, 0) is 9.53 Å². The molecule has 0 saturated carbocycles. The summed E-state index contributed by atoms with van der Waals surface area (Å²) in [4.78, 5) is 24.0. The van der Waals surface area contributed by atoms with Crippen LogP contribution in [0.3, 0.4) is 0 Å². The number of benzene rings is 1. The van der Waals surface area contributed by atoms with Crippen molar-refractivity contribution in [3.05, 3.63) is 34.3 Å². The average molecular weight is 328 g/mol. The van der Waals surface area contributed by atoms with E-state index in [1.54, 1.807) is 25.1 Å². The Labute approximate surface area is 121 Å². The first kappa shape index (κ1) is 15.7. The second-order valence-electron chi connectivity index (χ2n) is 4.54. The van der Waals surface area contributed by atoms with Gasteiger partial charge >= 0.3 is 5.97 Å².